The lowest BCUT2D eigenvalue weighted by Gasteiger charge is -2.04. The van der Waals surface area contributed by atoms with E-state index in [1.807, 2.05) is 12.1 Å². The van der Waals surface area contributed by atoms with Crippen molar-refractivity contribution in [3.05, 3.63) is 75.5 Å². The first-order chi connectivity index (χ1) is 15.0. The maximum absolute atomic E-state index is 12.5. The van der Waals surface area contributed by atoms with Crippen molar-refractivity contribution in [2.75, 3.05) is 12.4 Å². The fourth-order valence-corrected chi connectivity index (χ4v) is 3.13. The molecule has 2 aromatic carbocycles. The standard InChI is InChI=1S/C20H14ClN5O5/c1-30-15-5-3-2-4-13(15)18-22-20(25-24-18)23-19(27)17-9-8-16(31-17)12-7-6-11(26(28)29)10-14(12)21/h2-10H,1H3,(H2,22,23,24,25,27). The van der Waals surface area contributed by atoms with Crippen LogP contribution in [0, 0.1) is 10.1 Å². The smallest absolute Gasteiger partial charge is 0.293 e. The summed E-state index contributed by atoms with van der Waals surface area (Å²) in [7, 11) is 1.55. The summed E-state index contributed by atoms with van der Waals surface area (Å²) < 4.78 is 10.9. The average molecular weight is 440 g/mol. The predicted molar refractivity (Wildman–Crippen MR) is 112 cm³/mol. The number of ether oxygens (including phenoxy) is 1. The number of aromatic nitrogens is 3. The summed E-state index contributed by atoms with van der Waals surface area (Å²) in [5.74, 6) is 0.785. The molecule has 0 unspecified atom stereocenters. The molecular formula is C20H14ClN5O5. The number of non-ortho nitro benzene ring substituents is 1. The third-order valence-corrected chi connectivity index (χ3v) is 4.64. The summed E-state index contributed by atoms with van der Waals surface area (Å²) in [5, 5.41) is 20.3. The number of amides is 1. The second-order valence-electron chi connectivity index (χ2n) is 6.25. The van der Waals surface area contributed by atoms with Gasteiger partial charge in [0.2, 0.25) is 5.95 Å². The van der Waals surface area contributed by atoms with Crippen molar-refractivity contribution in [1.29, 1.82) is 0 Å². The Morgan fingerprint density at radius 1 is 1.19 bits per heavy atom. The summed E-state index contributed by atoms with van der Waals surface area (Å²) in [6, 6.07) is 14.2. The molecule has 1 amide bonds. The van der Waals surface area contributed by atoms with Crippen LogP contribution in [0.4, 0.5) is 11.6 Å². The number of anilines is 1. The van der Waals surface area contributed by atoms with Crippen LogP contribution in [0.15, 0.2) is 59.0 Å². The molecule has 0 aliphatic rings. The van der Waals surface area contributed by atoms with Gasteiger partial charge in [-0.1, -0.05) is 23.7 Å². The molecule has 0 fully saturated rings. The van der Waals surface area contributed by atoms with E-state index < -0.39 is 10.8 Å². The third-order valence-electron chi connectivity index (χ3n) is 4.33. The van der Waals surface area contributed by atoms with Gasteiger partial charge in [-0.05, 0) is 30.3 Å². The van der Waals surface area contributed by atoms with Gasteiger partial charge in [0.15, 0.2) is 11.6 Å². The highest BCUT2D eigenvalue weighted by Gasteiger charge is 2.18. The number of hydrogen-bond acceptors (Lipinski definition) is 7. The Morgan fingerprint density at radius 3 is 2.74 bits per heavy atom. The zero-order valence-electron chi connectivity index (χ0n) is 16.0. The van der Waals surface area contributed by atoms with Gasteiger partial charge in [0.25, 0.3) is 11.6 Å². The first-order valence-corrected chi connectivity index (χ1v) is 9.25. The molecule has 0 saturated heterocycles. The monoisotopic (exact) mass is 439 g/mol. The molecule has 2 heterocycles. The van der Waals surface area contributed by atoms with Crippen LogP contribution in [0.2, 0.25) is 5.02 Å². The summed E-state index contributed by atoms with van der Waals surface area (Å²) in [5.41, 5.74) is 0.961. The van der Waals surface area contributed by atoms with E-state index in [1.54, 1.807) is 25.3 Å². The Morgan fingerprint density at radius 2 is 2.00 bits per heavy atom. The van der Waals surface area contributed by atoms with Crippen molar-refractivity contribution in [3.63, 3.8) is 0 Å². The van der Waals surface area contributed by atoms with Crippen LogP contribution in [0.1, 0.15) is 10.6 Å². The van der Waals surface area contributed by atoms with E-state index in [-0.39, 0.29) is 28.2 Å². The first kappa shape index (κ1) is 20.1. The van der Waals surface area contributed by atoms with E-state index in [9.17, 15) is 14.9 Å². The highest BCUT2D eigenvalue weighted by molar-refractivity contribution is 6.33. The van der Waals surface area contributed by atoms with E-state index >= 15 is 0 Å². The normalized spacial score (nSPS) is 10.6. The predicted octanol–water partition coefficient (Wildman–Crippen LogP) is 4.55. The second-order valence-corrected chi connectivity index (χ2v) is 6.65. The number of halogens is 1. The van der Waals surface area contributed by atoms with E-state index in [1.165, 1.54) is 24.3 Å². The summed E-state index contributed by atoms with van der Waals surface area (Å²) in [6.07, 6.45) is 0. The number of nitrogens with zero attached hydrogens (tertiary/aromatic N) is 3. The van der Waals surface area contributed by atoms with Gasteiger partial charge in [0.05, 0.1) is 22.6 Å². The number of nitro benzene ring substituents is 1. The molecule has 0 aliphatic heterocycles. The maximum atomic E-state index is 12.5. The van der Waals surface area contributed by atoms with Gasteiger partial charge >= 0.3 is 0 Å². The second kappa shape index (κ2) is 8.28. The lowest BCUT2D eigenvalue weighted by molar-refractivity contribution is -0.384. The van der Waals surface area contributed by atoms with Gasteiger partial charge in [-0.15, -0.1) is 5.10 Å². The Labute approximate surface area is 180 Å². The molecule has 0 radical (unpaired) electrons. The fraction of sp³-hybridized carbons (Fsp3) is 0.0500. The van der Waals surface area contributed by atoms with Gasteiger partial charge in [0.1, 0.15) is 11.5 Å². The van der Waals surface area contributed by atoms with E-state index in [4.69, 9.17) is 20.8 Å². The molecular weight excluding hydrogens is 426 g/mol. The quantitative estimate of drug-likeness (QED) is 0.332. The summed E-state index contributed by atoms with van der Waals surface area (Å²) in [6.45, 7) is 0. The van der Waals surface area contributed by atoms with Crippen LogP contribution < -0.4 is 10.1 Å². The molecule has 10 nitrogen and oxygen atoms in total. The number of H-pyrrole nitrogens is 1. The molecule has 4 aromatic rings. The van der Waals surface area contributed by atoms with Gasteiger partial charge in [-0.2, -0.15) is 4.98 Å². The van der Waals surface area contributed by atoms with E-state index in [0.717, 1.165) is 0 Å². The van der Waals surface area contributed by atoms with Crippen molar-refractivity contribution in [2.45, 2.75) is 0 Å². The van der Waals surface area contributed by atoms with Crippen molar-refractivity contribution in [2.24, 2.45) is 0 Å². The maximum Gasteiger partial charge on any atom is 0.293 e. The molecule has 0 bridgehead atoms. The minimum Gasteiger partial charge on any atom is -0.496 e. The number of aromatic amines is 1. The van der Waals surface area contributed by atoms with Crippen LogP contribution >= 0.6 is 11.6 Å². The number of methoxy groups -OCH3 is 1. The lowest BCUT2D eigenvalue weighted by atomic mass is 10.1. The number of nitro groups is 1. The zero-order valence-corrected chi connectivity index (χ0v) is 16.7. The molecule has 2 N–H and O–H groups in total. The number of hydrogen-bond donors (Lipinski definition) is 2. The molecule has 0 atom stereocenters. The van der Waals surface area contributed by atoms with Crippen LogP contribution in [0.5, 0.6) is 5.75 Å². The Balaban J connectivity index is 1.52. The molecule has 31 heavy (non-hydrogen) atoms. The molecule has 4 rings (SSSR count). The SMILES string of the molecule is COc1ccccc1-c1nc(NC(=O)c2ccc(-c3ccc([N+](=O)[O-])cc3Cl)o2)n[nH]1. The molecule has 0 saturated carbocycles. The Bertz CT molecular complexity index is 1280. The largest absolute Gasteiger partial charge is 0.496 e. The van der Waals surface area contributed by atoms with E-state index in [2.05, 4.69) is 20.5 Å². The third kappa shape index (κ3) is 4.09. The van der Waals surface area contributed by atoms with E-state index in [0.29, 0.717) is 22.7 Å². The minimum absolute atomic E-state index is 0.00642. The van der Waals surface area contributed by atoms with Crippen molar-refractivity contribution in [3.8, 4) is 28.5 Å². The number of carbonyl (C=O) groups is 1. The highest BCUT2D eigenvalue weighted by Crippen LogP contribution is 2.32. The topological polar surface area (TPSA) is 136 Å². The van der Waals surface area contributed by atoms with Crippen molar-refractivity contribution >= 4 is 29.1 Å². The summed E-state index contributed by atoms with van der Waals surface area (Å²) >= 11 is 6.11. The van der Waals surface area contributed by atoms with Crippen molar-refractivity contribution in [1.82, 2.24) is 15.2 Å². The lowest BCUT2D eigenvalue weighted by Crippen LogP contribution is -2.12. The zero-order chi connectivity index (χ0) is 22.0. The van der Waals surface area contributed by atoms with Gasteiger partial charge in [-0.25, -0.2) is 0 Å². The number of para-hydroxylation sites is 1. The molecule has 0 aliphatic carbocycles. The number of benzene rings is 2. The molecule has 11 heteroatoms. The molecule has 156 valence electrons. The summed E-state index contributed by atoms with van der Waals surface area (Å²) in [4.78, 5) is 27.1. The fourth-order valence-electron chi connectivity index (χ4n) is 2.86. The van der Waals surface area contributed by atoms with Crippen LogP contribution in [-0.4, -0.2) is 33.1 Å². The minimum atomic E-state index is -0.574. The molecule has 0 spiro atoms. The Kier molecular flexibility index (Phi) is 5.37. The first-order valence-electron chi connectivity index (χ1n) is 8.87. The van der Waals surface area contributed by atoms with Crippen molar-refractivity contribution < 1.29 is 18.9 Å². The number of nitrogens with one attached hydrogen (secondary N) is 2. The van der Waals surface area contributed by atoms with Crippen LogP contribution in [0.25, 0.3) is 22.7 Å². The van der Waals surface area contributed by atoms with Gasteiger partial charge in [0, 0.05) is 17.7 Å². The number of carbonyl (C=O) groups excluding carboxylic acids is 1. The van der Waals surface area contributed by atoms with Gasteiger partial charge < -0.3 is 9.15 Å². The average Bonchev–Trinajstić information content (AvgIpc) is 3.43. The van der Waals surface area contributed by atoms with Crippen LogP contribution in [-0.2, 0) is 0 Å². The van der Waals surface area contributed by atoms with Gasteiger partial charge in [-0.3, -0.25) is 25.3 Å². The Hall–Kier alpha value is -4.18. The van der Waals surface area contributed by atoms with Crippen LogP contribution in [0.3, 0.4) is 0 Å². The number of rotatable bonds is 6. The molecule has 2 aromatic heterocycles. The number of furan rings is 1. The highest BCUT2D eigenvalue weighted by atomic mass is 35.5.